The highest BCUT2D eigenvalue weighted by atomic mass is 32.2. The van der Waals surface area contributed by atoms with E-state index in [1.165, 1.54) is 4.31 Å². The van der Waals surface area contributed by atoms with Gasteiger partial charge in [-0.3, -0.25) is 4.72 Å². The Kier molecular flexibility index (Phi) is 5.23. The summed E-state index contributed by atoms with van der Waals surface area (Å²) in [6.45, 7) is 3.36. The van der Waals surface area contributed by atoms with Crippen LogP contribution in [-0.4, -0.2) is 32.4 Å². The summed E-state index contributed by atoms with van der Waals surface area (Å²) in [4.78, 5) is 0. The Hall–Kier alpha value is -1.55. The van der Waals surface area contributed by atoms with Gasteiger partial charge in [-0.05, 0) is 43.5 Å². The molecule has 0 saturated carbocycles. The summed E-state index contributed by atoms with van der Waals surface area (Å²) in [6.07, 6.45) is 2.93. The second-order valence-corrected chi connectivity index (χ2v) is 6.83. The first-order valence-corrected chi connectivity index (χ1v) is 8.54. The lowest BCUT2D eigenvalue weighted by Crippen LogP contribution is -2.39. The molecule has 5 nitrogen and oxygen atoms in total. The predicted octanol–water partition coefficient (Wildman–Crippen LogP) is 1.45. The molecule has 0 spiro atoms. The zero-order chi connectivity index (χ0) is 15.3. The van der Waals surface area contributed by atoms with Crippen LogP contribution in [0.1, 0.15) is 30.4 Å². The second kappa shape index (κ2) is 6.94. The van der Waals surface area contributed by atoms with E-state index in [0.717, 1.165) is 30.4 Å². The first-order valence-electron chi connectivity index (χ1n) is 7.10. The monoisotopic (exact) mass is 307 g/mol. The van der Waals surface area contributed by atoms with Crippen LogP contribution in [0.5, 0.6) is 0 Å². The Morgan fingerprint density at radius 2 is 1.95 bits per heavy atom. The van der Waals surface area contributed by atoms with Crippen LogP contribution in [-0.2, 0) is 10.2 Å². The molecule has 1 aliphatic rings. The molecule has 0 aliphatic carbocycles. The number of benzene rings is 1. The molecule has 6 heteroatoms. The van der Waals surface area contributed by atoms with Gasteiger partial charge >= 0.3 is 10.2 Å². The van der Waals surface area contributed by atoms with Crippen molar-refractivity contribution < 1.29 is 8.42 Å². The molecule has 1 heterocycles. The molecule has 114 valence electrons. The summed E-state index contributed by atoms with van der Waals surface area (Å²) in [5, 5.41) is 0. The van der Waals surface area contributed by atoms with Crippen LogP contribution in [0.25, 0.3) is 0 Å². The lowest BCUT2D eigenvalue weighted by molar-refractivity contribution is 0.349. The van der Waals surface area contributed by atoms with E-state index in [0.29, 0.717) is 18.8 Å². The summed E-state index contributed by atoms with van der Waals surface area (Å²) in [5.74, 6) is 5.70. The number of hydrogen-bond acceptors (Lipinski definition) is 3. The maximum Gasteiger partial charge on any atom is 0.301 e. The summed E-state index contributed by atoms with van der Waals surface area (Å²) in [5.41, 5.74) is 7.62. The zero-order valence-corrected chi connectivity index (χ0v) is 13.0. The average molecular weight is 307 g/mol. The van der Waals surface area contributed by atoms with Crippen molar-refractivity contribution in [2.24, 2.45) is 5.73 Å². The van der Waals surface area contributed by atoms with Gasteiger partial charge < -0.3 is 5.73 Å². The Morgan fingerprint density at radius 3 is 2.62 bits per heavy atom. The van der Waals surface area contributed by atoms with Gasteiger partial charge in [0.1, 0.15) is 0 Å². The van der Waals surface area contributed by atoms with E-state index in [-0.39, 0.29) is 6.54 Å². The van der Waals surface area contributed by atoms with Gasteiger partial charge in [0, 0.05) is 18.7 Å². The topological polar surface area (TPSA) is 75.4 Å². The van der Waals surface area contributed by atoms with Crippen LogP contribution >= 0.6 is 0 Å². The van der Waals surface area contributed by atoms with Gasteiger partial charge in [-0.2, -0.15) is 12.7 Å². The van der Waals surface area contributed by atoms with Gasteiger partial charge in [0.15, 0.2) is 0 Å². The number of rotatable bonds is 3. The summed E-state index contributed by atoms with van der Waals surface area (Å²) in [6, 6.07) is 5.44. The molecule has 3 N–H and O–H groups in total. The van der Waals surface area contributed by atoms with Gasteiger partial charge in [0.2, 0.25) is 0 Å². The molecule has 2 rings (SSSR count). The first-order chi connectivity index (χ1) is 10.0. The molecule has 1 aliphatic heterocycles. The number of anilines is 1. The number of nitrogens with zero attached hydrogens (tertiary/aromatic N) is 1. The Balaban J connectivity index is 2.20. The predicted molar refractivity (Wildman–Crippen MR) is 85.1 cm³/mol. The van der Waals surface area contributed by atoms with Crippen molar-refractivity contribution in [3.05, 3.63) is 29.3 Å². The highest BCUT2D eigenvalue weighted by Gasteiger charge is 2.23. The molecule has 0 bridgehead atoms. The molecule has 0 atom stereocenters. The van der Waals surface area contributed by atoms with Crippen LogP contribution < -0.4 is 10.5 Å². The molecule has 0 amide bonds. The molecular formula is C15H21N3O2S. The van der Waals surface area contributed by atoms with Gasteiger partial charge in [0.25, 0.3) is 0 Å². The summed E-state index contributed by atoms with van der Waals surface area (Å²) in [7, 11) is -3.48. The fraction of sp³-hybridized carbons (Fsp3) is 0.467. The number of piperidine rings is 1. The molecule has 1 saturated heterocycles. The number of nitrogens with one attached hydrogen (secondary N) is 1. The number of nitrogens with two attached hydrogens (primary N) is 1. The van der Waals surface area contributed by atoms with E-state index >= 15 is 0 Å². The van der Waals surface area contributed by atoms with Gasteiger partial charge in [0.05, 0.1) is 12.2 Å². The van der Waals surface area contributed by atoms with Gasteiger partial charge in [-0.25, -0.2) is 0 Å². The van der Waals surface area contributed by atoms with E-state index in [2.05, 4.69) is 16.6 Å². The van der Waals surface area contributed by atoms with Crippen LogP contribution in [0.15, 0.2) is 18.2 Å². The van der Waals surface area contributed by atoms with E-state index in [4.69, 9.17) is 5.73 Å². The highest BCUT2D eigenvalue weighted by Crippen LogP contribution is 2.19. The zero-order valence-electron chi connectivity index (χ0n) is 12.2. The van der Waals surface area contributed by atoms with Crippen molar-refractivity contribution in [2.75, 3.05) is 24.4 Å². The quantitative estimate of drug-likeness (QED) is 0.830. The number of aryl methyl sites for hydroxylation is 1. The average Bonchev–Trinajstić information content (AvgIpc) is 2.45. The molecule has 0 unspecified atom stereocenters. The Morgan fingerprint density at radius 1 is 1.24 bits per heavy atom. The molecule has 1 aromatic rings. The molecule has 1 fully saturated rings. The van der Waals surface area contributed by atoms with Crippen molar-refractivity contribution in [3.63, 3.8) is 0 Å². The van der Waals surface area contributed by atoms with E-state index in [9.17, 15) is 8.42 Å². The molecular weight excluding hydrogens is 286 g/mol. The van der Waals surface area contributed by atoms with Crippen LogP contribution in [0.2, 0.25) is 0 Å². The maximum atomic E-state index is 12.4. The second-order valence-electron chi connectivity index (χ2n) is 5.16. The van der Waals surface area contributed by atoms with E-state index in [1.807, 2.05) is 13.0 Å². The maximum absolute atomic E-state index is 12.4. The van der Waals surface area contributed by atoms with E-state index < -0.39 is 10.2 Å². The molecule has 21 heavy (non-hydrogen) atoms. The SMILES string of the molecule is Cc1cc(C#CCN)cc(NS(=O)(=O)N2CCCCC2)c1. The number of hydrogen-bond donors (Lipinski definition) is 2. The van der Waals surface area contributed by atoms with E-state index in [1.54, 1.807) is 12.1 Å². The normalized spacial score (nSPS) is 16.1. The van der Waals surface area contributed by atoms with Crippen molar-refractivity contribution in [2.45, 2.75) is 26.2 Å². The summed E-state index contributed by atoms with van der Waals surface area (Å²) >= 11 is 0. The van der Waals surface area contributed by atoms with Crippen LogP contribution in [0.3, 0.4) is 0 Å². The van der Waals surface area contributed by atoms with Crippen molar-refractivity contribution >= 4 is 15.9 Å². The van der Waals surface area contributed by atoms with Crippen molar-refractivity contribution in [1.82, 2.24) is 4.31 Å². The Bertz CT molecular complexity index is 653. The minimum absolute atomic E-state index is 0.281. The van der Waals surface area contributed by atoms with Crippen molar-refractivity contribution in [3.8, 4) is 11.8 Å². The highest BCUT2D eigenvalue weighted by molar-refractivity contribution is 7.90. The lowest BCUT2D eigenvalue weighted by atomic mass is 10.1. The van der Waals surface area contributed by atoms with Gasteiger partial charge in [-0.1, -0.05) is 18.3 Å². The largest absolute Gasteiger partial charge is 0.320 e. The minimum Gasteiger partial charge on any atom is -0.320 e. The smallest absolute Gasteiger partial charge is 0.301 e. The molecule has 0 radical (unpaired) electrons. The fourth-order valence-corrected chi connectivity index (χ4v) is 3.67. The Labute approximate surface area is 126 Å². The third-order valence-electron chi connectivity index (χ3n) is 3.31. The third-order valence-corrected chi connectivity index (χ3v) is 4.85. The standard InChI is InChI=1S/C15H21N3O2S/c1-13-10-14(6-5-7-16)12-15(11-13)17-21(19,20)18-8-3-2-4-9-18/h10-12,17H,2-4,7-9,16H2,1H3. The van der Waals surface area contributed by atoms with Crippen LogP contribution in [0, 0.1) is 18.8 Å². The minimum atomic E-state index is -3.48. The molecule has 0 aromatic heterocycles. The van der Waals surface area contributed by atoms with Crippen LogP contribution in [0.4, 0.5) is 5.69 Å². The van der Waals surface area contributed by atoms with Gasteiger partial charge in [-0.15, -0.1) is 0 Å². The molecule has 1 aromatic carbocycles. The lowest BCUT2D eigenvalue weighted by Gasteiger charge is -2.26. The fourth-order valence-electron chi connectivity index (χ4n) is 2.39. The van der Waals surface area contributed by atoms with Crippen molar-refractivity contribution in [1.29, 1.82) is 0 Å². The third kappa shape index (κ3) is 4.46. The summed E-state index contributed by atoms with van der Waals surface area (Å²) < 4.78 is 28.8. The first kappa shape index (κ1) is 15.8.